The maximum Gasteiger partial charge on any atom is 0.0367 e. The second kappa shape index (κ2) is 5.54. The summed E-state index contributed by atoms with van der Waals surface area (Å²) in [5.74, 6) is 1.29. The second-order valence-corrected chi connectivity index (χ2v) is 6.53. The summed E-state index contributed by atoms with van der Waals surface area (Å²) in [6.45, 7) is 2.20. The predicted molar refractivity (Wildman–Crippen MR) is 79.8 cm³/mol. The van der Waals surface area contributed by atoms with Gasteiger partial charge in [-0.1, -0.05) is 0 Å². The number of nitrogens with zero attached hydrogens (tertiary/aromatic N) is 1. The Hall–Kier alpha value is -0.670. The molecule has 1 aromatic rings. The fourth-order valence-corrected chi connectivity index (χ4v) is 3.46. The van der Waals surface area contributed by atoms with E-state index in [-0.39, 0.29) is 0 Å². The van der Waals surface area contributed by atoms with Crippen molar-refractivity contribution in [3.8, 4) is 0 Å². The number of rotatable bonds is 5. The van der Waals surface area contributed by atoms with Crippen LogP contribution in [0.15, 0.2) is 23.1 Å². The van der Waals surface area contributed by atoms with Crippen LogP contribution in [0.1, 0.15) is 24.8 Å². The van der Waals surface area contributed by atoms with Gasteiger partial charge in [0.05, 0.1) is 0 Å². The number of likely N-dealkylation sites (N-methyl/N-ethyl adjacent to an activating group) is 1. The zero-order valence-corrected chi connectivity index (χ0v) is 11.9. The Labute approximate surface area is 114 Å². The van der Waals surface area contributed by atoms with Crippen LogP contribution in [0.5, 0.6) is 0 Å². The lowest BCUT2D eigenvalue weighted by molar-refractivity contribution is 0.675. The van der Waals surface area contributed by atoms with E-state index in [0.717, 1.165) is 19.1 Å². The summed E-state index contributed by atoms with van der Waals surface area (Å²) >= 11 is 2.01. The Balaban J connectivity index is 1.59. The van der Waals surface area contributed by atoms with Crippen LogP contribution in [0, 0.1) is 0 Å². The molecular weight excluding hydrogens is 240 g/mol. The SMILES string of the molecule is CN(CCNC1CC1)c1ccc2c(c1)CCCS2. The average molecular weight is 262 g/mol. The molecule has 1 aromatic carbocycles. The number of hydrogen-bond acceptors (Lipinski definition) is 3. The minimum atomic E-state index is 0.818. The highest BCUT2D eigenvalue weighted by Gasteiger charge is 2.20. The lowest BCUT2D eigenvalue weighted by Crippen LogP contribution is -2.30. The van der Waals surface area contributed by atoms with Gasteiger partial charge in [0.15, 0.2) is 0 Å². The summed E-state index contributed by atoms with van der Waals surface area (Å²) in [6, 6.07) is 7.78. The third-order valence-corrected chi connectivity index (χ3v) is 4.99. The molecule has 0 unspecified atom stereocenters. The number of thioether (sulfide) groups is 1. The van der Waals surface area contributed by atoms with Gasteiger partial charge in [0.25, 0.3) is 0 Å². The number of anilines is 1. The van der Waals surface area contributed by atoms with Gasteiger partial charge in [0, 0.05) is 36.8 Å². The summed E-state index contributed by atoms with van der Waals surface area (Å²) in [6.07, 6.45) is 5.33. The summed E-state index contributed by atoms with van der Waals surface area (Å²) in [4.78, 5) is 3.86. The van der Waals surface area contributed by atoms with Gasteiger partial charge < -0.3 is 10.2 Å². The van der Waals surface area contributed by atoms with E-state index in [1.54, 1.807) is 5.56 Å². The molecule has 0 spiro atoms. The fraction of sp³-hybridized carbons (Fsp3) is 0.600. The second-order valence-electron chi connectivity index (χ2n) is 5.39. The first-order valence-electron chi connectivity index (χ1n) is 7.03. The smallest absolute Gasteiger partial charge is 0.0367 e. The molecule has 1 fully saturated rings. The molecule has 1 heterocycles. The highest BCUT2D eigenvalue weighted by atomic mass is 32.2. The van der Waals surface area contributed by atoms with Crippen molar-refractivity contribution < 1.29 is 0 Å². The lowest BCUT2D eigenvalue weighted by atomic mass is 10.1. The Morgan fingerprint density at radius 1 is 1.39 bits per heavy atom. The van der Waals surface area contributed by atoms with Crippen LogP contribution in [0.2, 0.25) is 0 Å². The quantitative estimate of drug-likeness (QED) is 0.878. The molecule has 3 heteroatoms. The standard InChI is InChI=1S/C15H22N2S/c1-17(9-8-16-13-4-5-13)14-6-7-15-12(11-14)3-2-10-18-15/h6-7,11,13,16H,2-5,8-10H2,1H3. The molecule has 0 bridgehead atoms. The van der Waals surface area contributed by atoms with E-state index in [9.17, 15) is 0 Å². The molecule has 0 amide bonds. The summed E-state index contributed by atoms with van der Waals surface area (Å²) in [5.41, 5.74) is 2.92. The molecule has 1 N–H and O–H groups in total. The Bertz CT molecular complexity index is 415. The van der Waals surface area contributed by atoms with Gasteiger partial charge in [-0.15, -0.1) is 11.8 Å². The van der Waals surface area contributed by atoms with Crippen molar-refractivity contribution >= 4 is 17.4 Å². The van der Waals surface area contributed by atoms with Crippen molar-refractivity contribution in [2.75, 3.05) is 30.8 Å². The number of benzene rings is 1. The van der Waals surface area contributed by atoms with Crippen molar-refractivity contribution in [2.45, 2.75) is 36.6 Å². The van der Waals surface area contributed by atoms with Crippen molar-refractivity contribution in [3.05, 3.63) is 23.8 Å². The van der Waals surface area contributed by atoms with E-state index in [2.05, 4.69) is 35.5 Å². The van der Waals surface area contributed by atoms with Gasteiger partial charge in [-0.3, -0.25) is 0 Å². The van der Waals surface area contributed by atoms with Gasteiger partial charge in [-0.2, -0.15) is 0 Å². The third-order valence-electron chi connectivity index (χ3n) is 3.79. The van der Waals surface area contributed by atoms with E-state index < -0.39 is 0 Å². The number of fused-ring (bicyclic) bond motifs is 1. The molecule has 18 heavy (non-hydrogen) atoms. The Morgan fingerprint density at radius 3 is 3.11 bits per heavy atom. The van der Waals surface area contributed by atoms with Gasteiger partial charge in [-0.05, 0) is 55.2 Å². The predicted octanol–water partition coefficient (Wildman–Crippen LogP) is 2.91. The molecular formula is C15H22N2S. The molecule has 98 valence electrons. The van der Waals surface area contributed by atoms with E-state index in [1.807, 2.05) is 11.8 Å². The normalized spacial score (nSPS) is 18.5. The Kier molecular flexibility index (Phi) is 3.80. The van der Waals surface area contributed by atoms with Crippen molar-refractivity contribution in [2.24, 2.45) is 0 Å². The zero-order valence-electron chi connectivity index (χ0n) is 11.1. The maximum absolute atomic E-state index is 3.57. The minimum Gasteiger partial charge on any atom is -0.373 e. The minimum absolute atomic E-state index is 0.818. The first kappa shape index (κ1) is 12.4. The number of nitrogens with one attached hydrogen (secondary N) is 1. The van der Waals surface area contributed by atoms with Crippen molar-refractivity contribution in [3.63, 3.8) is 0 Å². The topological polar surface area (TPSA) is 15.3 Å². The molecule has 1 aliphatic carbocycles. The van der Waals surface area contributed by atoms with Crippen LogP contribution < -0.4 is 10.2 Å². The highest BCUT2D eigenvalue weighted by molar-refractivity contribution is 7.99. The monoisotopic (exact) mass is 262 g/mol. The molecule has 2 nitrogen and oxygen atoms in total. The first-order valence-corrected chi connectivity index (χ1v) is 8.02. The molecule has 0 atom stereocenters. The molecule has 1 aliphatic heterocycles. The number of hydrogen-bond donors (Lipinski definition) is 1. The van der Waals surface area contributed by atoms with Crippen LogP contribution in [0.3, 0.4) is 0 Å². The van der Waals surface area contributed by atoms with E-state index >= 15 is 0 Å². The third kappa shape index (κ3) is 3.01. The van der Waals surface area contributed by atoms with Gasteiger partial charge in [0.2, 0.25) is 0 Å². The molecule has 0 saturated heterocycles. The van der Waals surface area contributed by atoms with Crippen LogP contribution in [-0.2, 0) is 6.42 Å². The molecule has 0 radical (unpaired) electrons. The summed E-state index contributed by atoms with van der Waals surface area (Å²) in [7, 11) is 2.20. The van der Waals surface area contributed by atoms with E-state index in [0.29, 0.717) is 0 Å². The van der Waals surface area contributed by atoms with E-state index in [4.69, 9.17) is 0 Å². The van der Waals surface area contributed by atoms with Crippen molar-refractivity contribution in [1.82, 2.24) is 5.32 Å². The average Bonchev–Trinajstić information content (AvgIpc) is 3.22. The number of aryl methyl sites for hydroxylation is 1. The zero-order chi connectivity index (χ0) is 12.4. The summed E-state index contributed by atoms with van der Waals surface area (Å²) < 4.78 is 0. The van der Waals surface area contributed by atoms with Crippen molar-refractivity contribution in [1.29, 1.82) is 0 Å². The fourth-order valence-electron chi connectivity index (χ4n) is 2.44. The molecule has 3 rings (SSSR count). The Morgan fingerprint density at radius 2 is 2.28 bits per heavy atom. The highest BCUT2D eigenvalue weighted by Crippen LogP contribution is 2.32. The molecule has 2 aliphatic rings. The van der Waals surface area contributed by atoms with E-state index in [1.165, 1.54) is 42.0 Å². The van der Waals surface area contributed by atoms with Gasteiger partial charge >= 0.3 is 0 Å². The summed E-state index contributed by atoms with van der Waals surface area (Å²) in [5, 5.41) is 3.57. The van der Waals surface area contributed by atoms with Crippen LogP contribution in [0.4, 0.5) is 5.69 Å². The first-order chi connectivity index (χ1) is 8.83. The van der Waals surface area contributed by atoms with Gasteiger partial charge in [0.1, 0.15) is 0 Å². The largest absolute Gasteiger partial charge is 0.373 e. The lowest BCUT2D eigenvalue weighted by Gasteiger charge is -2.23. The van der Waals surface area contributed by atoms with Crippen LogP contribution in [0.25, 0.3) is 0 Å². The molecule has 0 aromatic heterocycles. The molecule has 1 saturated carbocycles. The van der Waals surface area contributed by atoms with Crippen LogP contribution >= 0.6 is 11.8 Å². The van der Waals surface area contributed by atoms with Gasteiger partial charge in [-0.25, -0.2) is 0 Å². The van der Waals surface area contributed by atoms with Crippen LogP contribution in [-0.4, -0.2) is 31.9 Å². The maximum atomic E-state index is 3.57.